The van der Waals surface area contributed by atoms with Crippen LogP contribution >= 0.6 is 0 Å². The SMILES string of the molecule is CC(C)C1NC2(CC2)C(=O)N1C1CCCC1C. The maximum Gasteiger partial charge on any atom is 0.244 e. The maximum absolute atomic E-state index is 12.6. The smallest absolute Gasteiger partial charge is 0.244 e. The van der Waals surface area contributed by atoms with Gasteiger partial charge in [0.2, 0.25) is 5.91 Å². The van der Waals surface area contributed by atoms with Gasteiger partial charge in [0, 0.05) is 6.04 Å². The molecule has 0 aromatic rings. The number of rotatable bonds is 2. The van der Waals surface area contributed by atoms with Crippen LogP contribution in [0.1, 0.15) is 52.9 Å². The van der Waals surface area contributed by atoms with E-state index in [1.807, 2.05) is 0 Å². The van der Waals surface area contributed by atoms with Crippen LogP contribution in [0.3, 0.4) is 0 Å². The minimum atomic E-state index is -0.142. The number of nitrogens with one attached hydrogen (secondary N) is 1. The summed E-state index contributed by atoms with van der Waals surface area (Å²) in [5.41, 5.74) is -0.142. The van der Waals surface area contributed by atoms with Crippen molar-refractivity contribution < 1.29 is 4.79 Å². The lowest BCUT2D eigenvalue weighted by Crippen LogP contribution is -2.48. The number of carbonyl (C=O) groups is 1. The molecule has 1 N–H and O–H groups in total. The van der Waals surface area contributed by atoms with Gasteiger partial charge in [-0.05, 0) is 37.5 Å². The van der Waals surface area contributed by atoms with Crippen LogP contribution in [0, 0.1) is 11.8 Å². The van der Waals surface area contributed by atoms with Crippen molar-refractivity contribution in [2.75, 3.05) is 0 Å². The summed E-state index contributed by atoms with van der Waals surface area (Å²) >= 11 is 0. The molecule has 0 radical (unpaired) electrons. The zero-order valence-corrected chi connectivity index (χ0v) is 11.2. The molecule has 3 nitrogen and oxygen atoms in total. The largest absolute Gasteiger partial charge is 0.322 e. The lowest BCUT2D eigenvalue weighted by molar-refractivity contribution is -0.134. The Bertz CT molecular complexity index is 335. The average Bonchev–Trinajstić information content (AvgIpc) is 2.86. The monoisotopic (exact) mass is 236 g/mol. The fourth-order valence-corrected chi connectivity index (χ4v) is 3.65. The van der Waals surface area contributed by atoms with Crippen LogP contribution in [0.4, 0.5) is 0 Å². The summed E-state index contributed by atoms with van der Waals surface area (Å²) in [6, 6.07) is 0.488. The second kappa shape index (κ2) is 3.71. The number of nitrogens with zero attached hydrogens (tertiary/aromatic N) is 1. The summed E-state index contributed by atoms with van der Waals surface area (Å²) in [7, 11) is 0. The van der Waals surface area contributed by atoms with E-state index in [1.165, 1.54) is 19.3 Å². The predicted molar refractivity (Wildman–Crippen MR) is 67.4 cm³/mol. The van der Waals surface area contributed by atoms with Gasteiger partial charge >= 0.3 is 0 Å². The topological polar surface area (TPSA) is 32.3 Å². The van der Waals surface area contributed by atoms with Gasteiger partial charge in [-0.1, -0.05) is 27.2 Å². The van der Waals surface area contributed by atoms with Crippen molar-refractivity contribution in [3.05, 3.63) is 0 Å². The molecule has 1 aliphatic heterocycles. The van der Waals surface area contributed by atoms with E-state index >= 15 is 0 Å². The fraction of sp³-hybridized carbons (Fsp3) is 0.929. The highest BCUT2D eigenvalue weighted by molar-refractivity contribution is 5.92. The summed E-state index contributed by atoms with van der Waals surface area (Å²) in [5, 5.41) is 3.61. The number of amides is 1. The standard InChI is InChI=1S/C14H24N2O/c1-9(2)12-15-14(7-8-14)13(17)16(12)11-6-4-5-10(11)3/h9-12,15H,4-8H2,1-3H3. The Kier molecular flexibility index (Phi) is 2.51. The summed E-state index contributed by atoms with van der Waals surface area (Å²) in [5.74, 6) is 1.58. The van der Waals surface area contributed by atoms with Crippen molar-refractivity contribution in [2.45, 2.75) is 70.6 Å². The zero-order chi connectivity index (χ0) is 12.2. The van der Waals surface area contributed by atoms with Gasteiger partial charge in [-0.2, -0.15) is 0 Å². The molecule has 2 aliphatic carbocycles. The van der Waals surface area contributed by atoms with E-state index < -0.39 is 0 Å². The molecule has 0 aromatic heterocycles. The molecule has 3 atom stereocenters. The van der Waals surface area contributed by atoms with Gasteiger partial charge in [0.1, 0.15) is 0 Å². The van der Waals surface area contributed by atoms with Crippen LogP contribution in [0.15, 0.2) is 0 Å². The second-order valence-corrected chi connectivity index (χ2v) is 6.60. The quantitative estimate of drug-likeness (QED) is 0.796. The van der Waals surface area contributed by atoms with Crippen LogP contribution in [0.25, 0.3) is 0 Å². The van der Waals surface area contributed by atoms with E-state index in [4.69, 9.17) is 0 Å². The van der Waals surface area contributed by atoms with Gasteiger partial charge in [0.15, 0.2) is 0 Å². The second-order valence-electron chi connectivity index (χ2n) is 6.60. The lowest BCUT2D eigenvalue weighted by atomic mass is 10.0. The van der Waals surface area contributed by atoms with E-state index in [0.29, 0.717) is 23.8 Å². The van der Waals surface area contributed by atoms with Gasteiger partial charge in [-0.3, -0.25) is 10.1 Å². The van der Waals surface area contributed by atoms with Crippen LogP contribution in [0.5, 0.6) is 0 Å². The maximum atomic E-state index is 12.6. The highest BCUT2D eigenvalue weighted by Gasteiger charge is 2.61. The van der Waals surface area contributed by atoms with E-state index in [2.05, 4.69) is 31.0 Å². The molecule has 2 saturated carbocycles. The number of hydrogen-bond donors (Lipinski definition) is 1. The van der Waals surface area contributed by atoms with Crippen LogP contribution in [0.2, 0.25) is 0 Å². The van der Waals surface area contributed by atoms with Crippen LogP contribution in [-0.4, -0.2) is 28.6 Å². The first-order chi connectivity index (χ1) is 8.05. The minimum absolute atomic E-state index is 0.142. The summed E-state index contributed by atoms with van der Waals surface area (Å²) in [6.45, 7) is 6.75. The van der Waals surface area contributed by atoms with Crippen molar-refractivity contribution in [2.24, 2.45) is 11.8 Å². The molecule has 3 aliphatic rings. The third kappa shape index (κ3) is 1.62. The summed E-state index contributed by atoms with van der Waals surface area (Å²) in [4.78, 5) is 14.8. The Labute approximate surface area is 104 Å². The Morgan fingerprint density at radius 2 is 2.06 bits per heavy atom. The van der Waals surface area contributed by atoms with Crippen molar-refractivity contribution in [3.8, 4) is 0 Å². The van der Waals surface area contributed by atoms with Crippen LogP contribution < -0.4 is 5.32 Å². The van der Waals surface area contributed by atoms with Crippen molar-refractivity contribution >= 4 is 5.91 Å². The average molecular weight is 236 g/mol. The minimum Gasteiger partial charge on any atom is -0.322 e. The van der Waals surface area contributed by atoms with Gasteiger partial charge in [-0.15, -0.1) is 0 Å². The predicted octanol–water partition coefficient (Wildman–Crippen LogP) is 2.12. The first-order valence-electron chi connectivity index (χ1n) is 7.16. The molecule has 17 heavy (non-hydrogen) atoms. The Hall–Kier alpha value is -0.570. The molecule has 3 unspecified atom stereocenters. The van der Waals surface area contributed by atoms with Gasteiger partial charge in [0.05, 0.1) is 11.7 Å². The van der Waals surface area contributed by atoms with Crippen molar-refractivity contribution in [3.63, 3.8) is 0 Å². The third-order valence-electron chi connectivity index (χ3n) is 4.92. The first kappa shape index (κ1) is 11.5. The van der Waals surface area contributed by atoms with E-state index in [-0.39, 0.29) is 11.7 Å². The van der Waals surface area contributed by atoms with E-state index in [0.717, 1.165) is 12.8 Å². The first-order valence-corrected chi connectivity index (χ1v) is 7.16. The molecule has 1 spiro atoms. The van der Waals surface area contributed by atoms with Crippen LogP contribution in [-0.2, 0) is 4.79 Å². The fourth-order valence-electron chi connectivity index (χ4n) is 3.65. The normalized spacial score (nSPS) is 39.6. The molecule has 96 valence electrons. The lowest BCUT2D eigenvalue weighted by Gasteiger charge is -2.34. The third-order valence-corrected chi connectivity index (χ3v) is 4.92. The number of carbonyl (C=O) groups excluding carboxylic acids is 1. The molecule has 1 heterocycles. The molecule has 0 aromatic carbocycles. The van der Waals surface area contributed by atoms with E-state index in [1.54, 1.807) is 0 Å². The number of hydrogen-bond acceptors (Lipinski definition) is 2. The molecule has 1 amide bonds. The van der Waals surface area contributed by atoms with E-state index in [9.17, 15) is 4.79 Å². The molecule has 1 saturated heterocycles. The van der Waals surface area contributed by atoms with Gasteiger partial charge < -0.3 is 4.90 Å². The molecule has 0 bridgehead atoms. The highest BCUT2D eigenvalue weighted by atomic mass is 16.2. The Morgan fingerprint density at radius 1 is 1.35 bits per heavy atom. The molecular weight excluding hydrogens is 212 g/mol. The molecule has 3 heteroatoms. The molecular formula is C14H24N2O. The summed E-state index contributed by atoms with van der Waals surface area (Å²) < 4.78 is 0. The van der Waals surface area contributed by atoms with Gasteiger partial charge in [0.25, 0.3) is 0 Å². The highest BCUT2D eigenvalue weighted by Crippen LogP contribution is 2.46. The Balaban J connectivity index is 1.86. The van der Waals surface area contributed by atoms with Crippen molar-refractivity contribution in [1.82, 2.24) is 10.2 Å². The molecule has 3 rings (SSSR count). The summed E-state index contributed by atoms with van der Waals surface area (Å²) in [6.07, 6.45) is 6.14. The Morgan fingerprint density at radius 3 is 2.53 bits per heavy atom. The zero-order valence-electron chi connectivity index (χ0n) is 11.2. The van der Waals surface area contributed by atoms with Gasteiger partial charge in [-0.25, -0.2) is 0 Å². The van der Waals surface area contributed by atoms with Crippen molar-refractivity contribution in [1.29, 1.82) is 0 Å². The molecule has 3 fully saturated rings.